The number of nitrogens with zero attached hydrogens (tertiary/aromatic N) is 4. The molecule has 0 aromatic carbocycles. The molecule has 0 aliphatic carbocycles. The summed E-state index contributed by atoms with van der Waals surface area (Å²) in [6, 6.07) is 0. The zero-order valence-corrected chi connectivity index (χ0v) is 10.9. The summed E-state index contributed by atoms with van der Waals surface area (Å²) in [5.41, 5.74) is 0. The molecule has 0 unspecified atom stereocenters. The van der Waals surface area contributed by atoms with E-state index < -0.39 is 10.9 Å². The monoisotopic (exact) mass is 304 g/mol. The van der Waals surface area contributed by atoms with Crippen LogP contribution in [0.25, 0.3) is 0 Å². The van der Waals surface area contributed by atoms with E-state index in [0.717, 1.165) is 34.4 Å². The van der Waals surface area contributed by atoms with Gasteiger partial charge in [0.2, 0.25) is 0 Å². The average molecular weight is 304 g/mol. The second-order valence-electron chi connectivity index (χ2n) is 2.86. The highest BCUT2D eigenvalue weighted by Gasteiger charge is 2.15. The molecule has 0 aliphatic rings. The van der Waals surface area contributed by atoms with E-state index in [4.69, 9.17) is 5.11 Å². The average Bonchev–Trinajstić information content (AvgIpc) is 2.88. The molecule has 2 rings (SSSR count). The summed E-state index contributed by atoms with van der Waals surface area (Å²) >= 11 is 3.19. The number of hydrogen-bond acceptors (Lipinski definition) is 9. The first-order valence-electron chi connectivity index (χ1n) is 4.37. The van der Waals surface area contributed by atoms with Gasteiger partial charge in [0.05, 0.1) is 11.3 Å². The number of carboxylic acid groups (broad SMARTS) is 1. The van der Waals surface area contributed by atoms with Gasteiger partial charge in [-0.2, -0.15) is 0 Å². The van der Waals surface area contributed by atoms with Crippen molar-refractivity contribution in [3.8, 4) is 0 Å². The molecule has 11 heteroatoms. The van der Waals surface area contributed by atoms with Crippen molar-refractivity contribution in [2.75, 3.05) is 0 Å². The van der Waals surface area contributed by atoms with E-state index in [-0.39, 0.29) is 11.4 Å². The minimum atomic E-state index is -0.979. The van der Waals surface area contributed by atoms with Gasteiger partial charge in [0.15, 0.2) is 8.68 Å². The van der Waals surface area contributed by atoms with Crippen molar-refractivity contribution in [3.63, 3.8) is 0 Å². The molecule has 8 nitrogen and oxygen atoms in total. The molecule has 0 spiro atoms. The summed E-state index contributed by atoms with van der Waals surface area (Å²) < 4.78 is 0.982. The number of aromatic nitrogens is 3. The Morgan fingerprint density at radius 2 is 2.22 bits per heavy atom. The van der Waals surface area contributed by atoms with E-state index in [1.165, 1.54) is 6.20 Å². The van der Waals surface area contributed by atoms with Crippen molar-refractivity contribution in [2.45, 2.75) is 15.1 Å². The lowest BCUT2D eigenvalue weighted by Gasteiger charge is -1.86. The van der Waals surface area contributed by atoms with Crippen LogP contribution in [-0.4, -0.2) is 31.2 Å². The molecule has 0 saturated heterocycles. The Morgan fingerprint density at radius 3 is 2.83 bits per heavy atom. The molecule has 1 N–H and O–H groups in total. The lowest BCUT2D eigenvalue weighted by Crippen LogP contribution is -1.98. The van der Waals surface area contributed by atoms with E-state index in [1.807, 2.05) is 0 Å². The molecule has 2 aromatic heterocycles. The van der Waals surface area contributed by atoms with Gasteiger partial charge in [0, 0.05) is 0 Å². The Bertz CT molecular complexity index is 595. The van der Waals surface area contributed by atoms with Gasteiger partial charge in [0.25, 0.3) is 0 Å². The number of carboxylic acids is 1. The van der Waals surface area contributed by atoms with Crippen LogP contribution in [0.5, 0.6) is 0 Å². The number of rotatable bonds is 5. The van der Waals surface area contributed by atoms with Gasteiger partial charge in [-0.05, 0) is 23.1 Å². The molecule has 0 atom stereocenters. The fourth-order valence-electron chi connectivity index (χ4n) is 0.937. The minimum Gasteiger partial charge on any atom is -0.481 e. The molecule has 0 radical (unpaired) electrons. The van der Waals surface area contributed by atoms with Crippen molar-refractivity contribution in [2.24, 2.45) is 0 Å². The Kier molecular flexibility index (Phi) is 3.84. The number of carbonyl (C=O) groups is 1. The smallest absolute Gasteiger partial charge is 0.344 e. The van der Waals surface area contributed by atoms with Crippen LogP contribution in [-0.2, 0) is 11.2 Å². The third kappa shape index (κ3) is 3.21. The fraction of sp³-hybridized carbons (Fsp3) is 0.143. The molecule has 2 heterocycles. The Morgan fingerprint density at radius 1 is 1.44 bits per heavy atom. The molecule has 0 bridgehead atoms. The van der Waals surface area contributed by atoms with Crippen LogP contribution in [0.15, 0.2) is 14.9 Å². The molecule has 0 fully saturated rings. The highest BCUT2D eigenvalue weighted by Crippen LogP contribution is 2.35. The summed E-state index contributed by atoms with van der Waals surface area (Å²) in [5, 5.41) is 26.9. The van der Waals surface area contributed by atoms with E-state index in [1.54, 1.807) is 0 Å². The Balaban J connectivity index is 2.06. The van der Waals surface area contributed by atoms with Crippen molar-refractivity contribution in [1.29, 1.82) is 0 Å². The Labute approximate surface area is 112 Å². The van der Waals surface area contributed by atoms with Gasteiger partial charge in [-0.1, -0.05) is 11.3 Å². The highest BCUT2D eigenvalue weighted by molar-refractivity contribution is 8.02. The van der Waals surface area contributed by atoms with E-state index >= 15 is 0 Å². The standard InChI is InChI=1S/C7H4N4O4S3/c12-5(13)1-3-9-10-7(16-3)18-6-8-2-4(17-6)11(14)15/h2H,1H2,(H,12,13). The fourth-order valence-corrected chi connectivity index (χ4v) is 3.81. The molecule has 0 amide bonds. The Hall–Kier alpha value is -1.59. The van der Waals surface area contributed by atoms with E-state index in [0.29, 0.717) is 13.7 Å². The predicted molar refractivity (Wildman–Crippen MR) is 64.1 cm³/mol. The van der Waals surface area contributed by atoms with Crippen molar-refractivity contribution in [1.82, 2.24) is 15.2 Å². The van der Waals surface area contributed by atoms with E-state index in [9.17, 15) is 14.9 Å². The maximum Gasteiger partial charge on any atom is 0.344 e. The molecular weight excluding hydrogens is 300 g/mol. The summed E-state index contributed by atoms with van der Waals surface area (Å²) in [6.45, 7) is 0. The zero-order valence-electron chi connectivity index (χ0n) is 8.47. The molecule has 18 heavy (non-hydrogen) atoms. The first kappa shape index (κ1) is 12.9. The van der Waals surface area contributed by atoms with Crippen LogP contribution >= 0.6 is 34.4 Å². The lowest BCUT2D eigenvalue weighted by molar-refractivity contribution is -0.380. The van der Waals surface area contributed by atoms with Gasteiger partial charge in [-0.25, -0.2) is 4.98 Å². The third-order valence-corrected chi connectivity index (χ3v) is 4.58. The van der Waals surface area contributed by atoms with Gasteiger partial charge in [-0.15, -0.1) is 10.2 Å². The van der Waals surface area contributed by atoms with Crippen molar-refractivity contribution in [3.05, 3.63) is 21.3 Å². The third-order valence-electron chi connectivity index (χ3n) is 1.58. The van der Waals surface area contributed by atoms with Crippen LogP contribution < -0.4 is 0 Å². The number of hydrogen-bond donors (Lipinski definition) is 1. The first-order valence-corrected chi connectivity index (χ1v) is 6.82. The first-order chi connectivity index (χ1) is 8.54. The topological polar surface area (TPSA) is 119 Å². The van der Waals surface area contributed by atoms with Gasteiger partial charge >= 0.3 is 11.0 Å². The summed E-state index contributed by atoms with van der Waals surface area (Å²) in [6.07, 6.45) is 0.989. The maximum atomic E-state index is 10.5. The molecule has 0 aliphatic heterocycles. The summed E-state index contributed by atoms with van der Waals surface area (Å²) in [7, 11) is 0. The highest BCUT2D eigenvalue weighted by atomic mass is 32.2. The summed E-state index contributed by atoms with van der Waals surface area (Å²) in [4.78, 5) is 24.3. The largest absolute Gasteiger partial charge is 0.481 e. The quantitative estimate of drug-likeness (QED) is 0.654. The molecule has 94 valence electrons. The van der Waals surface area contributed by atoms with Crippen LogP contribution in [0.2, 0.25) is 0 Å². The van der Waals surface area contributed by atoms with Crippen LogP contribution in [0, 0.1) is 10.1 Å². The minimum absolute atomic E-state index is 0.0484. The van der Waals surface area contributed by atoms with Crippen LogP contribution in [0.4, 0.5) is 5.00 Å². The SMILES string of the molecule is O=C(O)Cc1nnc(Sc2ncc([N+](=O)[O-])s2)s1. The maximum absolute atomic E-state index is 10.5. The van der Waals surface area contributed by atoms with Gasteiger partial charge in [0.1, 0.15) is 11.2 Å². The number of thiazole rings is 1. The number of aliphatic carboxylic acids is 1. The number of nitro groups is 1. The second-order valence-corrected chi connectivity index (χ2v) is 6.42. The summed E-state index contributed by atoms with van der Waals surface area (Å²) in [5.74, 6) is -0.979. The molecule has 2 aromatic rings. The van der Waals surface area contributed by atoms with Crippen LogP contribution in [0.1, 0.15) is 5.01 Å². The second kappa shape index (κ2) is 5.37. The zero-order chi connectivity index (χ0) is 13.1. The van der Waals surface area contributed by atoms with E-state index in [2.05, 4.69) is 15.2 Å². The normalized spacial score (nSPS) is 10.4. The predicted octanol–water partition coefficient (Wildman–Crippen LogP) is 1.68. The van der Waals surface area contributed by atoms with Gasteiger partial charge in [-0.3, -0.25) is 14.9 Å². The molecular formula is C7H4N4O4S3. The lowest BCUT2D eigenvalue weighted by atomic mass is 10.5. The van der Waals surface area contributed by atoms with Crippen molar-refractivity contribution >= 4 is 45.4 Å². The molecule has 0 saturated carbocycles. The van der Waals surface area contributed by atoms with Crippen LogP contribution in [0.3, 0.4) is 0 Å². The van der Waals surface area contributed by atoms with Gasteiger partial charge < -0.3 is 5.11 Å². The van der Waals surface area contributed by atoms with Crippen molar-refractivity contribution < 1.29 is 14.8 Å².